The third kappa shape index (κ3) is 3.54. The molecule has 7 nitrogen and oxygen atoms in total. The molecule has 0 saturated carbocycles. The zero-order valence-electron chi connectivity index (χ0n) is 14.7. The quantitative estimate of drug-likeness (QED) is 0.646. The summed E-state index contributed by atoms with van der Waals surface area (Å²) in [6.07, 6.45) is 6.32. The summed E-state index contributed by atoms with van der Waals surface area (Å²) in [7, 11) is 0. The number of aliphatic hydroxyl groups excluding tert-OH is 1. The molecule has 4 rings (SSSR count). The number of fused-ring (bicyclic) bond motifs is 3. The first-order valence-corrected chi connectivity index (χ1v) is 8.93. The Morgan fingerprint density at radius 2 is 2.19 bits per heavy atom. The molecule has 3 N–H and O–H groups in total. The standard InChI is InChI=1S/C20H20N4O3/c25-10-11-27-17-8-2-7-16(23-17)24-20(26)14-12-22-15-6-1-4-13-5-3-9-21-19(13)18(14)15/h2-3,5,7-9,12,22,25H,1,4,6,10-11H2,(H,23,24,26). The lowest BCUT2D eigenvalue weighted by molar-refractivity contribution is 0.102. The average molecular weight is 364 g/mol. The summed E-state index contributed by atoms with van der Waals surface area (Å²) in [6.45, 7) is 0.0539. The number of hydrogen-bond donors (Lipinski definition) is 3. The minimum Gasteiger partial charge on any atom is -0.475 e. The van der Waals surface area contributed by atoms with Crippen LogP contribution in [0.4, 0.5) is 5.82 Å². The SMILES string of the molecule is O=C(Nc1cccc(OCCO)n1)c1c[nH]c2c1-c1ncccc1CCC2. The minimum absolute atomic E-state index is 0.0971. The Labute approximate surface area is 156 Å². The van der Waals surface area contributed by atoms with E-state index >= 15 is 0 Å². The Morgan fingerprint density at radius 3 is 3.07 bits per heavy atom. The van der Waals surface area contributed by atoms with Crippen LogP contribution in [0.2, 0.25) is 0 Å². The number of H-pyrrole nitrogens is 1. The fourth-order valence-electron chi connectivity index (χ4n) is 3.33. The van der Waals surface area contributed by atoms with Crippen LogP contribution < -0.4 is 10.1 Å². The van der Waals surface area contributed by atoms with Crippen LogP contribution in [-0.4, -0.2) is 39.2 Å². The van der Waals surface area contributed by atoms with Gasteiger partial charge in [-0.3, -0.25) is 9.78 Å². The van der Waals surface area contributed by atoms with Gasteiger partial charge in [-0.15, -0.1) is 0 Å². The number of carbonyl (C=O) groups is 1. The van der Waals surface area contributed by atoms with E-state index in [-0.39, 0.29) is 19.1 Å². The predicted molar refractivity (Wildman–Crippen MR) is 101 cm³/mol. The Balaban J connectivity index is 1.63. The fraction of sp³-hybridized carbons (Fsp3) is 0.250. The minimum atomic E-state index is -0.252. The van der Waals surface area contributed by atoms with Gasteiger partial charge in [-0.05, 0) is 37.0 Å². The number of aliphatic hydroxyl groups is 1. The molecule has 0 bridgehead atoms. The van der Waals surface area contributed by atoms with Crippen LogP contribution in [0.15, 0.2) is 42.7 Å². The van der Waals surface area contributed by atoms with Crippen molar-refractivity contribution in [3.63, 3.8) is 0 Å². The largest absolute Gasteiger partial charge is 0.475 e. The summed E-state index contributed by atoms with van der Waals surface area (Å²) in [5.74, 6) is 0.486. The lowest BCUT2D eigenvalue weighted by atomic mass is 10.0. The summed E-state index contributed by atoms with van der Waals surface area (Å²) in [5.41, 5.74) is 4.47. The molecule has 0 fully saturated rings. The van der Waals surface area contributed by atoms with Crippen molar-refractivity contribution < 1.29 is 14.6 Å². The zero-order chi connectivity index (χ0) is 18.6. The van der Waals surface area contributed by atoms with Gasteiger partial charge in [-0.2, -0.15) is 4.98 Å². The summed E-state index contributed by atoms with van der Waals surface area (Å²) < 4.78 is 5.29. The molecule has 3 heterocycles. The van der Waals surface area contributed by atoms with Gasteiger partial charge in [-0.25, -0.2) is 0 Å². The first-order chi connectivity index (χ1) is 13.3. The van der Waals surface area contributed by atoms with Gasteiger partial charge in [0.25, 0.3) is 5.91 Å². The topological polar surface area (TPSA) is 100 Å². The number of ether oxygens (including phenoxy) is 1. The molecule has 0 saturated heterocycles. The maximum atomic E-state index is 12.9. The van der Waals surface area contributed by atoms with E-state index in [1.165, 1.54) is 0 Å². The zero-order valence-corrected chi connectivity index (χ0v) is 14.7. The Bertz CT molecular complexity index is 967. The van der Waals surface area contributed by atoms with E-state index in [2.05, 4.69) is 26.3 Å². The molecule has 0 aromatic carbocycles. The highest BCUT2D eigenvalue weighted by atomic mass is 16.5. The molecule has 27 heavy (non-hydrogen) atoms. The number of aryl methyl sites for hydroxylation is 2. The van der Waals surface area contributed by atoms with Crippen molar-refractivity contribution in [2.75, 3.05) is 18.5 Å². The van der Waals surface area contributed by atoms with Crippen molar-refractivity contribution in [3.05, 3.63) is 59.5 Å². The second kappa shape index (κ2) is 7.59. The van der Waals surface area contributed by atoms with Gasteiger partial charge in [0.05, 0.1) is 17.9 Å². The second-order valence-corrected chi connectivity index (χ2v) is 6.31. The highest BCUT2D eigenvalue weighted by Crippen LogP contribution is 2.33. The van der Waals surface area contributed by atoms with Crippen molar-refractivity contribution in [1.29, 1.82) is 0 Å². The Hall–Kier alpha value is -3.19. The van der Waals surface area contributed by atoms with E-state index in [1.807, 2.05) is 6.07 Å². The number of anilines is 1. The third-order valence-corrected chi connectivity index (χ3v) is 4.51. The molecule has 0 aliphatic heterocycles. The molecule has 0 unspecified atom stereocenters. The third-order valence-electron chi connectivity index (χ3n) is 4.51. The Kier molecular flexibility index (Phi) is 4.84. The first kappa shape index (κ1) is 17.2. The van der Waals surface area contributed by atoms with E-state index in [0.717, 1.165) is 41.8 Å². The number of hydrogen-bond acceptors (Lipinski definition) is 5. The van der Waals surface area contributed by atoms with E-state index in [4.69, 9.17) is 9.84 Å². The molecule has 1 aliphatic rings. The molecular formula is C20H20N4O3. The summed E-state index contributed by atoms with van der Waals surface area (Å²) in [4.78, 5) is 24.9. The molecular weight excluding hydrogens is 344 g/mol. The van der Waals surface area contributed by atoms with E-state index in [1.54, 1.807) is 30.6 Å². The normalized spacial score (nSPS) is 12.6. The molecule has 1 amide bonds. The molecule has 0 spiro atoms. The van der Waals surface area contributed by atoms with Crippen LogP contribution in [0.25, 0.3) is 11.3 Å². The van der Waals surface area contributed by atoms with Gasteiger partial charge in [0, 0.05) is 29.7 Å². The monoisotopic (exact) mass is 364 g/mol. The first-order valence-electron chi connectivity index (χ1n) is 8.93. The van der Waals surface area contributed by atoms with Crippen molar-refractivity contribution in [2.45, 2.75) is 19.3 Å². The van der Waals surface area contributed by atoms with Gasteiger partial charge in [0.15, 0.2) is 0 Å². The number of nitrogens with one attached hydrogen (secondary N) is 2. The highest BCUT2D eigenvalue weighted by molar-refractivity contribution is 6.08. The van der Waals surface area contributed by atoms with Crippen LogP contribution in [0.1, 0.15) is 28.0 Å². The lowest BCUT2D eigenvalue weighted by Crippen LogP contribution is -2.14. The summed E-state index contributed by atoms with van der Waals surface area (Å²) in [5, 5.41) is 11.7. The number of amides is 1. The van der Waals surface area contributed by atoms with Crippen molar-refractivity contribution >= 4 is 11.7 Å². The van der Waals surface area contributed by atoms with Gasteiger partial charge < -0.3 is 20.1 Å². The maximum Gasteiger partial charge on any atom is 0.259 e. The lowest BCUT2D eigenvalue weighted by Gasteiger charge is -2.09. The second-order valence-electron chi connectivity index (χ2n) is 6.31. The van der Waals surface area contributed by atoms with Gasteiger partial charge in [0.1, 0.15) is 12.4 Å². The Morgan fingerprint density at radius 1 is 1.26 bits per heavy atom. The number of aromatic nitrogens is 3. The van der Waals surface area contributed by atoms with Gasteiger partial charge in [-0.1, -0.05) is 12.1 Å². The van der Waals surface area contributed by atoms with Crippen molar-refractivity contribution in [2.24, 2.45) is 0 Å². The molecule has 3 aromatic rings. The average Bonchev–Trinajstić information content (AvgIpc) is 3.02. The van der Waals surface area contributed by atoms with Crippen LogP contribution >= 0.6 is 0 Å². The van der Waals surface area contributed by atoms with Crippen LogP contribution in [0.3, 0.4) is 0 Å². The van der Waals surface area contributed by atoms with Crippen molar-refractivity contribution in [1.82, 2.24) is 15.0 Å². The molecule has 138 valence electrons. The summed E-state index contributed by atoms with van der Waals surface area (Å²) >= 11 is 0. The molecule has 0 radical (unpaired) electrons. The van der Waals surface area contributed by atoms with Gasteiger partial charge in [0.2, 0.25) is 5.88 Å². The van der Waals surface area contributed by atoms with Crippen LogP contribution in [0, 0.1) is 0 Å². The van der Waals surface area contributed by atoms with Crippen molar-refractivity contribution in [3.8, 4) is 17.1 Å². The molecule has 7 heteroatoms. The number of carbonyl (C=O) groups excluding carboxylic acids is 1. The number of rotatable bonds is 5. The highest BCUT2D eigenvalue weighted by Gasteiger charge is 2.24. The molecule has 3 aromatic heterocycles. The number of nitrogens with zero attached hydrogens (tertiary/aromatic N) is 2. The van der Waals surface area contributed by atoms with Gasteiger partial charge >= 0.3 is 0 Å². The van der Waals surface area contributed by atoms with Crippen LogP contribution in [-0.2, 0) is 12.8 Å². The van der Waals surface area contributed by atoms with E-state index in [0.29, 0.717) is 17.3 Å². The smallest absolute Gasteiger partial charge is 0.259 e. The molecule has 0 atom stereocenters. The molecule has 1 aliphatic carbocycles. The summed E-state index contributed by atoms with van der Waals surface area (Å²) in [6, 6.07) is 9.10. The predicted octanol–water partition coefficient (Wildman–Crippen LogP) is 2.58. The van der Waals surface area contributed by atoms with E-state index < -0.39 is 0 Å². The van der Waals surface area contributed by atoms with Crippen LogP contribution in [0.5, 0.6) is 5.88 Å². The fourth-order valence-corrected chi connectivity index (χ4v) is 3.33. The number of aromatic amines is 1. The number of pyridine rings is 2. The van der Waals surface area contributed by atoms with E-state index in [9.17, 15) is 4.79 Å². The maximum absolute atomic E-state index is 12.9.